The van der Waals surface area contributed by atoms with E-state index in [0.717, 1.165) is 31.4 Å². The third-order valence-electron chi connectivity index (χ3n) is 1.59. The fraction of sp³-hybridized carbons (Fsp3) is 0.571. The molecule has 1 aliphatic heterocycles. The van der Waals surface area contributed by atoms with Crippen LogP contribution in [0, 0.1) is 5.92 Å². The summed E-state index contributed by atoms with van der Waals surface area (Å²) in [4.78, 5) is 10.2. The number of allylic oxidation sites excluding steroid dienone is 1. The Hall–Kier alpha value is -0.790. The van der Waals surface area contributed by atoms with Crippen molar-refractivity contribution in [1.82, 2.24) is 5.32 Å². The van der Waals surface area contributed by atoms with E-state index in [-0.39, 0.29) is 5.92 Å². The molecule has 1 rings (SSSR count). The minimum absolute atomic E-state index is 0.221. The predicted molar refractivity (Wildman–Crippen MR) is 35.9 cm³/mol. The van der Waals surface area contributed by atoms with Gasteiger partial charge in [-0.2, -0.15) is 0 Å². The van der Waals surface area contributed by atoms with Crippen molar-refractivity contribution >= 4 is 6.29 Å². The first kappa shape index (κ1) is 6.33. The monoisotopic (exact) mass is 125 g/mol. The number of hydrogen-bond donors (Lipinski definition) is 1. The number of aldehydes is 1. The van der Waals surface area contributed by atoms with Gasteiger partial charge in [-0.15, -0.1) is 0 Å². The highest BCUT2D eigenvalue weighted by molar-refractivity contribution is 5.54. The summed E-state index contributed by atoms with van der Waals surface area (Å²) in [6.45, 7) is 4.65. The van der Waals surface area contributed by atoms with Crippen LogP contribution in [-0.4, -0.2) is 12.8 Å². The number of hydrogen-bond acceptors (Lipinski definition) is 2. The molecule has 1 unspecified atom stereocenters. The summed E-state index contributed by atoms with van der Waals surface area (Å²) in [5.74, 6) is 0.221. The van der Waals surface area contributed by atoms with Gasteiger partial charge >= 0.3 is 0 Å². The van der Waals surface area contributed by atoms with Crippen LogP contribution < -0.4 is 5.32 Å². The lowest BCUT2D eigenvalue weighted by atomic mass is 9.98. The third-order valence-corrected chi connectivity index (χ3v) is 1.59. The number of carbonyl (C=O) groups excluding carboxylic acids is 1. The Morgan fingerprint density at radius 3 is 3.00 bits per heavy atom. The fourth-order valence-electron chi connectivity index (χ4n) is 1.04. The van der Waals surface area contributed by atoms with Crippen LogP contribution in [0.1, 0.15) is 12.8 Å². The molecule has 1 atom stereocenters. The highest BCUT2D eigenvalue weighted by Gasteiger charge is 2.13. The standard InChI is InChI=1S/C7H11NO/c1-6-4-7(5-9)2-3-8-6/h5,7-8H,1-4H2. The highest BCUT2D eigenvalue weighted by atomic mass is 16.1. The van der Waals surface area contributed by atoms with Gasteiger partial charge in [0.2, 0.25) is 0 Å². The van der Waals surface area contributed by atoms with Crippen molar-refractivity contribution < 1.29 is 4.79 Å². The summed E-state index contributed by atoms with van der Waals surface area (Å²) < 4.78 is 0. The second kappa shape index (κ2) is 2.67. The third kappa shape index (κ3) is 1.56. The van der Waals surface area contributed by atoms with Crippen LogP contribution >= 0.6 is 0 Å². The molecule has 0 bridgehead atoms. The summed E-state index contributed by atoms with van der Waals surface area (Å²) in [6, 6.07) is 0. The lowest BCUT2D eigenvalue weighted by molar-refractivity contribution is -0.111. The summed E-state index contributed by atoms with van der Waals surface area (Å²) in [5, 5.41) is 3.09. The van der Waals surface area contributed by atoms with E-state index in [0.29, 0.717) is 0 Å². The summed E-state index contributed by atoms with van der Waals surface area (Å²) in [5.41, 5.74) is 0.998. The number of rotatable bonds is 1. The second-order valence-corrected chi connectivity index (χ2v) is 2.42. The van der Waals surface area contributed by atoms with Crippen LogP contribution in [0.4, 0.5) is 0 Å². The number of carbonyl (C=O) groups is 1. The Balaban J connectivity index is 2.40. The largest absolute Gasteiger partial charge is 0.389 e. The van der Waals surface area contributed by atoms with Crippen molar-refractivity contribution in [3.63, 3.8) is 0 Å². The van der Waals surface area contributed by atoms with Gasteiger partial charge < -0.3 is 10.1 Å². The molecule has 1 saturated heterocycles. The maximum absolute atomic E-state index is 10.2. The molecule has 0 aromatic carbocycles. The predicted octanol–water partition coefficient (Wildman–Crippen LogP) is 0.699. The molecule has 9 heavy (non-hydrogen) atoms. The van der Waals surface area contributed by atoms with Crippen LogP contribution in [0.25, 0.3) is 0 Å². The van der Waals surface area contributed by atoms with E-state index in [1.165, 1.54) is 0 Å². The molecule has 2 heteroatoms. The van der Waals surface area contributed by atoms with Gasteiger partial charge in [-0.1, -0.05) is 6.58 Å². The van der Waals surface area contributed by atoms with Gasteiger partial charge in [0.1, 0.15) is 6.29 Å². The van der Waals surface area contributed by atoms with Crippen LogP contribution in [0.15, 0.2) is 12.3 Å². The topological polar surface area (TPSA) is 29.1 Å². The number of nitrogens with one attached hydrogen (secondary N) is 1. The summed E-state index contributed by atoms with van der Waals surface area (Å²) in [7, 11) is 0. The average Bonchev–Trinajstić information content (AvgIpc) is 1.88. The van der Waals surface area contributed by atoms with Gasteiger partial charge in [-0.3, -0.25) is 0 Å². The first-order valence-corrected chi connectivity index (χ1v) is 3.20. The van der Waals surface area contributed by atoms with Crippen LogP contribution in [0.2, 0.25) is 0 Å². The fourth-order valence-corrected chi connectivity index (χ4v) is 1.04. The van der Waals surface area contributed by atoms with Gasteiger partial charge in [0.25, 0.3) is 0 Å². The lowest BCUT2D eigenvalue weighted by Gasteiger charge is -2.20. The molecule has 0 saturated carbocycles. The van der Waals surface area contributed by atoms with E-state index < -0.39 is 0 Å². The van der Waals surface area contributed by atoms with Crippen LogP contribution in [-0.2, 0) is 4.79 Å². The second-order valence-electron chi connectivity index (χ2n) is 2.42. The molecule has 1 N–H and O–H groups in total. The maximum Gasteiger partial charge on any atom is 0.123 e. The zero-order valence-electron chi connectivity index (χ0n) is 5.39. The van der Waals surface area contributed by atoms with Crippen LogP contribution in [0.5, 0.6) is 0 Å². The molecule has 0 aromatic heterocycles. The van der Waals surface area contributed by atoms with E-state index in [2.05, 4.69) is 11.9 Å². The SMILES string of the molecule is C=C1CC(C=O)CCN1. The lowest BCUT2D eigenvalue weighted by Crippen LogP contribution is -2.25. The number of piperidine rings is 1. The molecule has 0 amide bonds. The van der Waals surface area contributed by atoms with E-state index in [1.54, 1.807) is 0 Å². The van der Waals surface area contributed by atoms with Gasteiger partial charge in [0.05, 0.1) is 0 Å². The molecule has 50 valence electrons. The molecule has 1 fully saturated rings. The molecular formula is C7H11NO. The zero-order valence-corrected chi connectivity index (χ0v) is 5.39. The Labute approximate surface area is 54.9 Å². The van der Waals surface area contributed by atoms with Crippen molar-refractivity contribution in [3.05, 3.63) is 12.3 Å². The van der Waals surface area contributed by atoms with E-state index in [1.807, 2.05) is 0 Å². The van der Waals surface area contributed by atoms with E-state index in [4.69, 9.17) is 0 Å². The summed E-state index contributed by atoms with van der Waals surface area (Å²) in [6.07, 6.45) is 2.80. The Morgan fingerprint density at radius 1 is 1.78 bits per heavy atom. The van der Waals surface area contributed by atoms with Crippen molar-refractivity contribution in [3.8, 4) is 0 Å². The first-order valence-electron chi connectivity index (χ1n) is 3.20. The minimum Gasteiger partial charge on any atom is -0.389 e. The van der Waals surface area contributed by atoms with Crippen molar-refractivity contribution in [2.24, 2.45) is 5.92 Å². The normalized spacial score (nSPS) is 27.1. The van der Waals surface area contributed by atoms with Crippen molar-refractivity contribution in [1.29, 1.82) is 0 Å². The molecule has 0 spiro atoms. The van der Waals surface area contributed by atoms with Gasteiger partial charge in [-0.25, -0.2) is 0 Å². The van der Waals surface area contributed by atoms with Gasteiger partial charge in [-0.05, 0) is 12.8 Å². The molecule has 0 aliphatic carbocycles. The molecule has 1 heterocycles. The van der Waals surface area contributed by atoms with E-state index in [9.17, 15) is 4.79 Å². The zero-order chi connectivity index (χ0) is 6.69. The molecule has 2 nitrogen and oxygen atoms in total. The molecule has 1 aliphatic rings. The van der Waals surface area contributed by atoms with Gasteiger partial charge in [0.15, 0.2) is 0 Å². The first-order chi connectivity index (χ1) is 4.33. The molecule has 0 aromatic rings. The quantitative estimate of drug-likeness (QED) is 0.523. The van der Waals surface area contributed by atoms with Crippen molar-refractivity contribution in [2.45, 2.75) is 12.8 Å². The van der Waals surface area contributed by atoms with Crippen molar-refractivity contribution in [2.75, 3.05) is 6.54 Å². The minimum atomic E-state index is 0.221. The van der Waals surface area contributed by atoms with E-state index >= 15 is 0 Å². The highest BCUT2D eigenvalue weighted by Crippen LogP contribution is 2.13. The Morgan fingerprint density at radius 2 is 2.56 bits per heavy atom. The maximum atomic E-state index is 10.2. The molecule has 0 radical (unpaired) electrons. The van der Waals surface area contributed by atoms with Crippen LogP contribution in [0.3, 0.4) is 0 Å². The molecular weight excluding hydrogens is 114 g/mol. The van der Waals surface area contributed by atoms with Gasteiger partial charge in [0, 0.05) is 18.2 Å². The Bertz CT molecular complexity index is 131. The Kier molecular flexibility index (Phi) is 1.88. The summed E-state index contributed by atoms with van der Waals surface area (Å²) >= 11 is 0. The smallest absolute Gasteiger partial charge is 0.123 e. The average molecular weight is 125 g/mol.